The third kappa shape index (κ3) is 5.65. The van der Waals surface area contributed by atoms with Crippen LogP contribution in [0.25, 0.3) is 0 Å². The number of hydrogen-bond donors (Lipinski definition) is 2. The van der Waals surface area contributed by atoms with Crippen molar-refractivity contribution < 1.29 is 4.79 Å². The number of piperazine rings is 1. The van der Waals surface area contributed by atoms with Crippen molar-refractivity contribution >= 4 is 39.7 Å². The zero-order valence-electron chi connectivity index (χ0n) is 13.3. The lowest BCUT2D eigenvalue weighted by atomic mass is 10.3. The maximum absolute atomic E-state index is 10.6. The number of pyridine rings is 1. The molecule has 0 radical (unpaired) electrons. The Hall–Kier alpha value is -1.93. The predicted molar refractivity (Wildman–Crippen MR) is 96.1 cm³/mol. The minimum absolute atomic E-state index is 0.652. The van der Waals surface area contributed by atoms with Gasteiger partial charge in [0, 0.05) is 39.4 Å². The molecule has 2 N–H and O–H groups in total. The van der Waals surface area contributed by atoms with Crippen LogP contribution in [-0.4, -0.2) is 55.4 Å². The minimum atomic E-state index is 0.652. The van der Waals surface area contributed by atoms with Crippen LogP contribution in [0.4, 0.5) is 11.5 Å². The minimum Gasteiger partial charge on any atom is -0.354 e. The molecule has 1 aromatic rings. The predicted octanol–water partition coefficient (Wildman–Crippen LogP) is 1.41. The van der Waals surface area contributed by atoms with E-state index in [0.717, 1.165) is 37.7 Å². The summed E-state index contributed by atoms with van der Waals surface area (Å²) in [5, 5.41) is 6.38. The van der Waals surface area contributed by atoms with Gasteiger partial charge in [0.05, 0.1) is 16.5 Å². The van der Waals surface area contributed by atoms with Gasteiger partial charge >= 0.3 is 0 Å². The van der Waals surface area contributed by atoms with Crippen LogP contribution >= 0.6 is 15.9 Å². The summed E-state index contributed by atoms with van der Waals surface area (Å²) in [6.45, 7) is 5.76. The first-order chi connectivity index (χ1) is 11.1. The summed E-state index contributed by atoms with van der Waals surface area (Å²) >= 11 is 3.34. The number of nitrogens with zero attached hydrogens (tertiary/aromatic N) is 4. The van der Waals surface area contributed by atoms with Gasteiger partial charge in [-0.05, 0) is 35.0 Å². The second kappa shape index (κ2) is 8.64. The van der Waals surface area contributed by atoms with Crippen molar-refractivity contribution in [3.63, 3.8) is 0 Å². The van der Waals surface area contributed by atoms with Crippen molar-refractivity contribution in [3.8, 4) is 0 Å². The molecule has 8 heteroatoms. The molecule has 124 valence electrons. The van der Waals surface area contributed by atoms with E-state index in [-0.39, 0.29) is 0 Å². The lowest BCUT2D eigenvalue weighted by molar-refractivity contribution is -0.115. The molecule has 1 aliphatic rings. The highest BCUT2D eigenvalue weighted by Crippen LogP contribution is 2.17. The van der Waals surface area contributed by atoms with E-state index in [2.05, 4.69) is 41.4 Å². The molecule has 0 aromatic carbocycles. The molecule has 2 heterocycles. The molecule has 2 rings (SSSR count). The van der Waals surface area contributed by atoms with Gasteiger partial charge in [-0.15, -0.1) is 0 Å². The number of hydrogen-bond acceptors (Lipinski definition) is 5. The number of nitrogens with one attached hydrogen (secondary N) is 2. The van der Waals surface area contributed by atoms with Crippen molar-refractivity contribution in [2.24, 2.45) is 4.99 Å². The Morgan fingerprint density at radius 1 is 1.48 bits per heavy atom. The van der Waals surface area contributed by atoms with Crippen LogP contribution in [0.2, 0.25) is 0 Å². The number of anilines is 1. The van der Waals surface area contributed by atoms with Gasteiger partial charge < -0.3 is 20.4 Å². The van der Waals surface area contributed by atoms with Crippen LogP contribution in [0.15, 0.2) is 34.1 Å². The summed E-state index contributed by atoms with van der Waals surface area (Å²) in [5.41, 5.74) is 0.776. The van der Waals surface area contributed by atoms with Gasteiger partial charge in [-0.2, -0.15) is 0 Å². The smallest absolute Gasteiger partial charge is 0.213 e. The summed E-state index contributed by atoms with van der Waals surface area (Å²) in [7, 11) is 1.65. The Balaban J connectivity index is 1.98. The molecule has 0 saturated carbocycles. The van der Waals surface area contributed by atoms with Crippen molar-refractivity contribution in [1.82, 2.24) is 20.5 Å². The lowest BCUT2D eigenvalue weighted by Gasteiger charge is -2.28. The Morgan fingerprint density at radius 3 is 2.83 bits per heavy atom. The number of carbonyl (C=O) groups is 1. The number of amidine groups is 1. The molecular weight excluding hydrogens is 360 g/mol. The molecule has 0 atom stereocenters. The molecule has 7 nitrogen and oxygen atoms in total. The summed E-state index contributed by atoms with van der Waals surface area (Å²) in [6, 6.07) is 3.94. The first kappa shape index (κ1) is 17.4. The van der Waals surface area contributed by atoms with Gasteiger partial charge in [-0.25, -0.2) is 9.98 Å². The van der Waals surface area contributed by atoms with E-state index in [4.69, 9.17) is 0 Å². The number of aliphatic imine (C=N–C) groups is 1. The molecule has 1 fully saturated rings. The normalized spacial score (nSPS) is 16.2. The quantitative estimate of drug-likeness (QED) is 0.349. The molecule has 0 aliphatic carbocycles. The van der Waals surface area contributed by atoms with Crippen LogP contribution < -0.4 is 15.5 Å². The van der Waals surface area contributed by atoms with E-state index in [1.54, 1.807) is 19.4 Å². The first-order valence-electron chi connectivity index (χ1n) is 7.37. The average Bonchev–Trinajstić information content (AvgIpc) is 2.56. The molecule has 1 amide bonds. The SMILES string of the molecule is CC(=Nc1ccc(N2CCNCC2)nc1)N/C(Br)=C\N(C)C=O. The summed E-state index contributed by atoms with van der Waals surface area (Å²) < 4.78 is 0.652. The van der Waals surface area contributed by atoms with Crippen LogP contribution in [-0.2, 0) is 4.79 Å². The first-order valence-corrected chi connectivity index (χ1v) is 8.16. The lowest BCUT2D eigenvalue weighted by Crippen LogP contribution is -2.43. The van der Waals surface area contributed by atoms with Gasteiger partial charge in [-0.1, -0.05) is 0 Å². The molecule has 1 aliphatic heterocycles. The highest BCUT2D eigenvalue weighted by molar-refractivity contribution is 9.11. The summed E-state index contributed by atoms with van der Waals surface area (Å²) in [4.78, 5) is 23.1. The van der Waals surface area contributed by atoms with E-state index in [9.17, 15) is 4.79 Å². The molecule has 0 unspecified atom stereocenters. The third-order valence-electron chi connectivity index (χ3n) is 3.25. The van der Waals surface area contributed by atoms with E-state index < -0.39 is 0 Å². The van der Waals surface area contributed by atoms with Crippen LogP contribution in [0.5, 0.6) is 0 Å². The van der Waals surface area contributed by atoms with Gasteiger partial charge in [0.15, 0.2) is 0 Å². The molecular formula is C15H21BrN6O. The summed E-state index contributed by atoms with van der Waals surface area (Å²) in [6.07, 6.45) is 4.10. The Morgan fingerprint density at radius 2 is 2.22 bits per heavy atom. The van der Waals surface area contributed by atoms with E-state index in [0.29, 0.717) is 16.9 Å². The zero-order valence-corrected chi connectivity index (χ0v) is 14.9. The maximum Gasteiger partial charge on any atom is 0.213 e. The zero-order chi connectivity index (χ0) is 16.7. The Labute approximate surface area is 144 Å². The largest absolute Gasteiger partial charge is 0.354 e. The number of rotatable bonds is 5. The number of carbonyl (C=O) groups excluding carboxylic acids is 1. The number of amides is 1. The van der Waals surface area contributed by atoms with Crippen LogP contribution in [0.3, 0.4) is 0 Å². The van der Waals surface area contributed by atoms with Gasteiger partial charge in [-0.3, -0.25) is 4.79 Å². The maximum atomic E-state index is 10.6. The van der Waals surface area contributed by atoms with E-state index >= 15 is 0 Å². The van der Waals surface area contributed by atoms with E-state index in [1.807, 2.05) is 19.1 Å². The van der Waals surface area contributed by atoms with Crippen molar-refractivity contribution in [3.05, 3.63) is 29.1 Å². The Kier molecular flexibility index (Phi) is 6.54. The van der Waals surface area contributed by atoms with E-state index in [1.165, 1.54) is 4.90 Å². The van der Waals surface area contributed by atoms with Crippen molar-refractivity contribution in [1.29, 1.82) is 0 Å². The fraction of sp³-hybridized carbons (Fsp3) is 0.400. The second-order valence-corrected chi connectivity index (χ2v) is 6.04. The molecule has 1 saturated heterocycles. The topological polar surface area (TPSA) is 72.9 Å². The van der Waals surface area contributed by atoms with Gasteiger partial charge in [0.25, 0.3) is 0 Å². The highest BCUT2D eigenvalue weighted by atomic mass is 79.9. The third-order valence-corrected chi connectivity index (χ3v) is 3.66. The molecule has 0 bridgehead atoms. The van der Waals surface area contributed by atoms with Crippen molar-refractivity contribution in [2.75, 3.05) is 38.1 Å². The molecule has 1 aromatic heterocycles. The molecule has 0 spiro atoms. The average molecular weight is 381 g/mol. The number of aromatic nitrogens is 1. The fourth-order valence-corrected chi connectivity index (χ4v) is 2.77. The Bertz CT molecular complexity index is 580. The monoisotopic (exact) mass is 380 g/mol. The summed E-state index contributed by atoms with van der Waals surface area (Å²) in [5.74, 6) is 1.67. The molecule has 23 heavy (non-hydrogen) atoms. The van der Waals surface area contributed by atoms with Gasteiger partial charge in [0.2, 0.25) is 6.41 Å². The standard InChI is InChI=1S/C15H21BrN6O/c1-12(20-14(16)10-21(2)11-23)19-13-3-4-15(18-9-13)22-7-5-17-6-8-22/h3-4,9-11,17H,5-8H2,1-2H3,(H,19,20)/b14-10-. The fourth-order valence-electron chi connectivity index (χ4n) is 2.16. The van der Waals surface area contributed by atoms with Crippen molar-refractivity contribution in [2.45, 2.75) is 6.92 Å². The number of halogens is 1. The second-order valence-electron chi connectivity index (χ2n) is 5.18. The van der Waals surface area contributed by atoms with Gasteiger partial charge in [0.1, 0.15) is 11.7 Å². The van der Waals surface area contributed by atoms with Crippen LogP contribution in [0.1, 0.15) is 6.92 Å². The van der Waals surface area contributed by atoms with Crippen LogP contribution in [0, 0.1) is 0 Å². The highest BCUT2D eigenvalue weighted by Gasteiger charge is 2.10.